The molecule has 1 fully saturated rings. The summed E-state index contributed by atoms with van der Waals surface area (Å²) in [6.07, 6.45) is 5.24. The summed E-state index contributed by atoms with van der Waals surface area (Å²) in [5, 5.41) is 19.1. The second-order valence-corrected chi connectivity index (χ2v) is 8.59. The van der Waals surface area contributed by atoms with E-state index >= 15 is 0 Å². The Balaban J connectivity index is 1.30. The molecule has 9 heteroatoms. The molecule has 1 aromatic carbocycles. The Hall–Kier alpha value is -2.42. The highest BCUT2D eigenvalue weighted by atomic mass is 35.5. The van der Waals surface area contributed by atoms with Gasteiger partial charge < -0.3 is 20.5 Å². The van der Waals surface area contributed by atoms with Gasteiger partial charge in [-0.2, -0.15) is 5.10 Å². The van der Waals surface area contributed by atoms with Crippen molar-refractivity contribution in [3.63, 3.8) is 0 Å². The summed E-state index contributed by atoms with van der Waals surface area (Å²) >= 11 is 6.10. The van der Waals surface area contributed by atoms with Crippen LogP contribution in [0.5, 0.6) is 0 Å². The molecule has 3 aromatic rings. The van der Waals surface area contributed by atoms with Crippen molar-refractivity contribution in [1.82, 2.24) is 30.4 Å². The summed E-state index contributed by atoms with van der Waals surface area (Å²) in [4.78, 5) is 17.2. The predicted molar refractivity (Wildman–Crippen MR) is 125 cm³/mol. The quantitative estimate of drug-likeness (QED) is 0.379. The molecule has 0 amide bonds. The van der Waals surface area contributed by atoms with Gasteiger partial charge in [-0.3, -0.25) is 9.89 Å². The fourth-order valence-corrected chi connectivity index (χ4v) is 4.28. The number of hydrogen-bond donors (Lipinski definition) is 4. The summed E-state index contributed by atoms with van der Waals surface area (Å²) < 4.78 is 1.77. The molecule has 0 radical (unpaired) electrons. The minimum absolute atomic E-state index is 0.0656. The normalized spacial score (nSPS) is 14.9. The van der Waals surface area contributed by atoms with Gasteiger partial charge in [-0.1, -0.05) is 11.6 Å². The molecule has 1 aliphatic heterocycles. The van der Waals surface area contributed by atoms with Crippen LogP contribution in [0, 0.1) is 12.8 Å². The van der Waals surface area contributed by atoms with Crippen molar-refractivity contribution in [1.29, 1.82) is 0 Å². The highest BCUT2D eigenvalue weighted by Crippen LogP contribution is 2.20. The largest absolute Gasteiger partial charge is 0.365 e. The molecular weight excluding hydrogens is 414 g/mol. The number of hydrogen-bond acceptors (Lipinski definition) is 6. The van der Waals surface area contributed by atoms with Crippen molar-refractivity contribution < 1.29 is 0 Å². The molecule has 0 saturated carbocycles. The first kappa shape index (κ1) is 21.8. The lowest BCUT2D eigenvalue weighted by Gasteiger charge is -2.22. The SMILES string of the molecule is Cc1cnc(NCCC2CCNCC2)c(=O)n1CCNCc1n[nH]c2ccc(Cl)cc12. The van der Waals surface area contributed by atoms with Gasteiger partial charge in [0.15, 0.2) is 5.82 Å². The highest BCUT2D eigenvalue weighted by molar-refractivity contribution is 6.31. The number of nitrogens with one attached hydrogen (secondary N) is 4. The number of nitrogens with zero attached hydrogens (tertiary/aromatic N) is 3. The molecule has 1 aliphatic rings. The van der Waals surface area contributed by atoms with E-state index in [9.17, 15) is 4.79 Å². The first-order valence-electron chi connectivity index (χ1n) is 11.0. The maximum atomic E-state index is 12.9. The monoisotopic (exact) mass is 443 g/mol. The Labute approximate surface area is 186 Å². The molecule has 166 valence electrons. The first-order chi connectivity index (χ1) is 15.1. The van der Waals surface area contributed by atoms with Gasteiger partial charge in [-0.25, -0.2) is 4.98 Å². The molecule has 4 rings (SSSR count). The van der Waals surface area contributed by atoms with Crippen LogP contribution in [0.4, 0.5) is 5.82 Å². The zero-order chi connectivity index (χ0) is 21.6. The number of anilines is 1. The number of aromatic nitrogens is 4. The molecule has 8 nitrogen and oxygen atoms in total. The third kappa shape index (κ3) is 5.44. The fourth-order valence-electron chi connectivity index (χ4n) is 4.11. The summed E-state index contributed by atoms with van der Waals surface area (Å²) in [7, 11) is 0. The number of H-pyrrole nitrogens is 1. The van der Waals surface area contributed by atoms with Crippen LogP contribution in [0.1, 0.15) is 30.7 Å². The van der Waals surface area contributed by atoms with Crippen molar-refractivity contribution in [3.8, 4) is 0 Å². The van der Waals surface area contributed by atoms with Crippen molar-refractivity contribution in [3.05, 3.63) is 51.2 Å². The Morgan fingerprint density at radius 1 is 1.26 bits per heavy atom. The predicted octanol–water partition coefficient (Wildman–Crippen LogP) is 2.67. The van der Waals surface area contributed by atoms with Crippen LogP contribution >= 0.6 is 11.6 Å². The molecule has 0 bridgehead atoms. The van der Waals surface area contributed by atoms with E-state index in [1.807, 2.05) is 25.1 Å². The van der Waals surface area contributed by atoms with Gasteiger partial charge in [0.05, 0.1) is 11.2 Å². The van der Waals surface area contributed by atoms with Crippen LogP contribution in [0.2, 0.25) is 5.02 Å². The van der Waals surface area contributed by atoms with E-state index in [-0.39, 0.29) is 5.56 Å². The van der Waals surface area contributed by atoms with Crippen molar-refractivity contribution >= 4 is 28.3 Å². The Morgan fingerprint density at radius 3 is 2.94 bits per heavy atom. The maximum absolute atomic E-state index is 12.9. The van der Waals surface area contributed by atoms with E-state index in [0.29, 0.717) is 30.5 Å². The second kappa shape index (κ2) is 10.3. The number of benzene rings is 1. The summed E-state index contributed by atoms with van der Waals surface area (Å²) in [5.74, 6) is 1.16. The lowest BCUT2D eigenvalue weighted by molar-refractivity contribution is 0.361. The van der Waals surface area contributed by atoms with Crippen LogP contribution in [-0.2, 0) is 13.1 Å². The zero-order valence-electron chi connectivity index (χ0n) is 17.9. The fraction of sp³-hybridized carbons (Fsp3) is 0.500. The van der Waals surface area contributed by atoms with Gasteiger partial charge in [0, 0.05) is 48.5 Å². The van der Waals surface area contributed by atoms with Gasteiger partial charge in [0.2, 0.25) is 0 Å². The van der Waals surface area contributed by atoms with Crippen LogP contribution in [0.25, 0.3) is 10.9 Å². The van der Waals surface area contributed by atoms with Crippen molar-refractivity contribution in [2.24, 2.45) is 5.92 Å². The molecule has 4 N–H and O–H groups in total. The third-order valence-electron chi connectivity index (χ3n) is 5.97. The lowest BCUT2D eigenvalue weighted by Crippen LogP contribution is -2.32. The highest BCUT2D eigenvalue weighted by Gasteiger charge is 2.13. The Morgan fingerprint density at radius 2 is 2.10 bits per heavy atom. The topological polar surface area (TPSA) is 99.7 Å². The Kier molecular flexibility index (Phi) is 7.21. The number of halogens is 1. The van der Waals surface area contributed by atoms with Crippen LogP contribution < -0.4 is 21.5 Å². The average molecular weight is 444 g/mol. The van der Waals surface area contributed by atoms with E-state index in [1.165, 1.54) is 12.8 Å². The minimum atomic E-state index is -0.0656. The van der Waals surface area contributed by atoms with E-state index in [1.54, 1.807) is 10.8 Å². The number of rotatable bonds is 9. The molecule has 3 heterocycles. The number of fused-ring (bicyclic) bond motifs is 1. The molecule has 31 heavy (non-hydrogen) atoms. The average Bonchev–Trinajstić information content (AvgIpc) is 3.17. The minimum Gasteiger partial charge on any atom is -0.365 e. The molecule has 0 spiro atoms. The lowest BCUT2D eigenvalue weighted by atomic mass is 9.95. The van der Waals surface area contributed by atoms with Crippen LogP contribution in [-0.4, -0.2) is 45.9 Å². The van der Waals surface area contributed by atoms with Crippen molar-refractivity contribution in [2.75, 3.05) is 31.5 Å². The summed E-state index contributed by atoms with van der Waals surface area (Å²) in [6, 6.07) is 5.68. The maximum Gasteiger partial charge on any atom is 0.293 e. The molecule has 0 aliphatic carbocycles. The summed E-state index contributed by atoms with van der Waals surface area (Å²) in [5.41, 5.74) is 2.66. The third-order valence-corrected chi connectivity index (χ3v) is 6.20. The number of aromatic amines is 1. The standard InChI is InChI=1S/C22H30ClN7O/c1-15-13-27-21(26-9-6-16-4-7-24-8-5-16)22(31)30(15)11-10-25-14-20-18-12-17(23)2-3-19(18)28-29-20/h2-3,12-13,16,24-25H,4-11,14H2,1H3,(H,26,27)(H,28,29). The first-order valence-corrected chi connectivity index (χ1v) is 11.3. The molecular formula is C22H30ClN7O. The second-order valence-electron chi connectivity index (χ2n) is 8.15. The van der Waals surface area contributed by atoms with E-state index in [0.717, 1.165) is 54.3 Å². The van der Waals surface area contributed by atoms with Gasteiger partial charge in [-0.05, 0) is 63.4 Å². The zero-order valence-corrected chi connectivity index (χ0v) is 18.6. The van der Waals surface area contributed by atoms with E-state index in [2.05, 4.69) is 31.1 Å². The van der Waals surface area contributed by atoms with Gasteiger partial charge in [0.25, 0.3) is 5.56 Å². The van der Waals surface area contributed by atoms with Gasteiger partial charge in [0.1, 0.15) is 0 Å². The smallest absolute Gasteiger partial charge is 0.293 e. The molecule has 1 saturated heterocycles. The van der Waals surface area contributed by atoms with E-state index < -0.39 is 0 Å². The van der Waals surface area contributed by atoms with Gasteiger partial charge in [-0.15, -0.1) is 0 Å². The molecule has 2 aromatic heterocycles. The van der Waals surface area contributed by atoms with Crippen molar-refractivity contribution in [2.45, 2.75) is 39.3 Å². The molecule has 0 unspecified atom stereocenters. The number of piperidine rings is 1. The summed E-state index contributed by atoms with van der Waals surface area (Å²) in [6.45, 7) is 6.69. The van der Waals surface area contributed by atoms with Gasteiger partial charge >= 0.3 is 0 Å². The van der Waals surface area contributed by atoms with Crippen LogP contribution in [0.3, 0.4) is 0 Å². The molecule has 0 atom stereocenters. The van der Waals surface area contributed by atoms with E-state index in [4.69, 9.17) is 11.6 Å². The number of aryl methyl sites for hydroxylation is 1. The Bertz CT molecular complexity index is 1070. The van der Waals surface area contributed by atoms with Crippen LogP contribution in [0.15, 0.2) is 29.2 Å².